The number of nitrogens with one attached hydrogen (secondary N) is 1. The second-order valence-corrected chi connectivity index (χ2v) is 6.25. The van der Waals surface area contributed by atoms with Crippen LogP contribution in [-0.4, -0.2) is 18.5 Å². The highest BCUT2D eigenvalue weighted by molar-refractivity contribution is 9.10. The Labute approximate surface area is 151 Å². The summed E-state index contributed by atoms with van der Waals surface area (Å²) in [5.74, 6) is -0.785. The zero-order chi connectivity index (χ0) is 17.0. The second kappa shape index (κ2) is 7.81. The fraction of sp³-hybridized carbons (Fsp3) is 0.125. The molecule has 0 heterocycles. The number of ether oxygens (including phenoxy) is 1. The zero-order valence-corrected chi connectivity index (χ0v) is 15.1. The van der Waals surface area contributed by atoms with E-state index in [4.69, 9.17) is 27.9 Å². The third-order valence-corrected chi connectivity index (χ3v) is 3.95. The normalized spacial score (nSPS) is 10.3. The predicted octanol–water partition coefficient (Wildman–Crippen LogP) is 5.18. The average Bonchev–Trinajstić information content (AvgIpc) is 2.48. The van der Waals surface area contributed by atoms with Crippen LogP contribution in [0.5, 0.6) is 0 Å². The van der Waals surface area contributed by atoms with Crippen LogP contribution in [0.3, 0.4) is 0 Å². The van der Waals surface area contributed by atoms with E-state index in [1.165, 1.54) is 12.1 Å². The van der Waals surface area contributed by atoms with Crippen molar-refractivity contribution in [2.45, 2.75) is 6.92 Å². The molecule has 0 radical (unpaired) electrons. The maximum atomic E-state index is 12.3. The largest absolute Gasteiger partial charge is 0.462 e. The van der Waals surface area contributed by atoms with Crippen molar-refractivity contribution in [3.63, 3.8) is 0 Å². The first-order valence-electron chi connectivity index (χ1n) is 6.65. The van der Waals surface area contributed by atoms with Gasteiger partial charge in [-0.05, 0) is 59.3 Å². The lowest BCUT2D eigenvalue weighted by Gasteiger charge is -2.09. The number of benzene rings is 2. The first kappa shape index (κ1) is 17.8. The van der Waals surface area contributed by atoms with E-state index in [1.807, 2.05) is 0 Å². The number of amides is 1. The molecule has 0 aromatic heterocycles. The summed E-state index contributed by atoms with van der Waals surface area (Å²) in [5, 5.41) is 3.47. The molecule has 0 atom stereocenters. The minimum atomic E-state index is -0.423. The van der Waals surface area contributed by atoms with Gasteiger partial charge >= 0.3 is 5.97 Å². The highest BCUT2D eigenvalue weighted by Crippen LogP contribution is 2.26. The number of hydrogen-bond acceptors (Lipinski definition) is 3. The van der Waals surface area contributed by atoms with Gasteiger partial charge in [-0.1, -0.05) is 23.2 Å². The van der Waals surface area contributed by atoms with Crippen molar-refractivity contribution in [2.75, 3.05) is 11.9 Å². The Morgan fingerprint density at radius 1 is 1.09 bits per heavy atom. The van der Waals surface area contributed by atoms with Gasteiger partial charge in [-0.2, -0.15) is 0 Å². The van der Waals surface area contributed by atoms with E-state index in [9.17, 15) is 9.59 Å². The number of carbonyl (C=O) groups excluding carboxylic acids is 2. The quantitative estimate of drug-likeness (QED) is 0.698. The molecular weight excluding hydrogens is 405 g/mol. The number of esters is 1. The summed E-state index contributed by atoms with van der Waals surface area (Å²) in [6.45, 7) is 2.03. The molecule has 1 N–H and O–H groups in total. The van der Waals surface area contributed by atoms with Crippen LogP contribution in [0, 0.1) is 0 Å². The Morgan fingerprint density at radius 2 is 1.74 bits per heavy atom. The molecule has 2 aromatic rings. The van der Waals surface area contributed by atoms with Crippen molar-refractivity contribution in [1.29, 1.82) is 0 Å². The van der Waals surface area contributed by atoms with E-state index in [-0.39, 0.29) is 5.91 Å². The van der Waals surface area contributed by atoms with E-state index in [0.29, 0.717) is 37.9 Å². The Kier molecular flexibility index (Phi) is 6.04. The number of hydrogen-bond donors (Lipinski definition) is 1. The van der Waals surface area contributed by atoms with E-state index in [1.54, 1.807) is 31.2 Å². The van der Waals surface area contributed by atoms with Crippen LogP contribution in [0.15, 0.2) is 40.9 Å². The lowest BCUT2D eigenvalue weighted by atomic mass is 10.2. The molecule has 0 saturated heterocycles. The van der Waals surface area contributed by atoms with Gasteiger partial charge in [0.15, 0.2) is 0 Å². The first-order valence-corrected chi connectivity index (χ1v) is 8.19. The van der Waals surface area contributed by atoms with E-state index >= 15 is 0 Å². The molecule has 0 unspecified atom stereocenters. The van der Waals surface area contributed by atoms with Crippen molar-refractivity contribution in [1.82, 2.24) is 0 Å². The van der Waals surface area contributed by atoms with Crippen LogP contribution >= 0.6 is 39.1 Å². The van der Waals surface area contributed by atoms with Crippen LogP contribution in [0.1, 0.15) is 27.6 Å². The highest BCUT2D eigenvalue weighted by atomic mass is 79.9. The summed E-state index contributed by atoms with van der Waals surface area (Å²) in [6.07, 6.45) is 0. The third-order valence-electron chi connectivity index (χ3n) is 2.85. The monoisotopic (exact) mass is 415 g/mol. The van der Waals surface area contributed by atoms with Gasteiger partial charge in [0.25, 0.3) is 5.91 Å². The number of rotatable bonds is 4. The fourth-order valence-corrected chi connectivity index (χ4v) is 2.84. The van der Waals surface area contributed by atoms with Gasteiger partial charge in [-0.15, -0.1) is 0 Å². The van der Waals surface area contributed by atoms with Crippen LogP contribution in [0.25, 0.3) is 0 Å². The van der Waals surface area contributed by atoms with Crippen molar-refractivity contribution >= 4 is 56.7 Å². The SMILES string of the molecule is CCOC(=O)c1ccc(NC(=O)c2cc(Cl)cc(Cl)c2)c(Br)c1. The second-order valence-electron chi connectivity index (χ2n) is 4.53. The van der Waals surface area contributed by atoms with Crippen LogP contribution in [0.4, 0.5) is 5.69 Å². The van der Waals surface area contributed by atoms with Crippen molar-refractivity contribution in [3.8, 4) is 0 Å². The Hall–Kier alpha value is -1.56. The molecule has 0 aliphatic heterocycles. The van der Waals surface area contributed by atoms with Crippen molar-refractivity contribution < 1.29 is 14.3 Å². The zero-order valence-electron chi connectivity index (χ0n) is 12.0. The van der Waals surface area contributed by atoms with Gasteiger partial charge in [-0.25, -0.2) is 4.79 Å². The fourth-order valence-electron chi connectivity index (χ4n) is 1.84. The molecule has 4 nitrogen and oxygen atoms in total. The predicted molar refractivity (Wildman–Crippen MR) is 94.5 cm³/mol. The van der Waals surface area contributed by atoms with Gasteiger partial charge in [0, 0.05) is 20.1 Å². The number of carbonyl (C=O) groups is 2. The van der Waals surface area contributed by atoms with Crippen LogP contribution < -0.4 is 5.32 Å². The summed E-state index contributed by atoms with van der Waals surface area (Å²) in [4.78, 5) is 23.9. The summed E-state index contributed by atoms with van der Waals surface area (Å²) in [7, 11) is 0. The number of halogens is 3. The van der Waals surface area contributed by atoms with Gasteiger partial charge in [-0.3, -0.25) is 4.79 Å². The van der Waals surface area contributed by atoms with Crippen LogP contribution in [-0.2, 0) is 4.74 Å². The molecule has 0 spiro atoms. The Morgan fingerprint density at radius 3 is 2.30 bits per heavy atom. The van der Waals surface area contributed by atoms with Crippen molar-refractivity contribution in [2.24, 2.45) is 0 Å². The molecule has 7 heteroatoms. The minimum absolute atomic E-state index is 0.296. The maximum Gasteiger partial charge on any atom is 0.338 e. The maximum absolute atomic E-state index is 12.3. The average molecular weight is 417 g/mol. The first-order chi connectivity index (χ1) is 10.9. The lowest BCUT2D eigenvalue weighted by molar-refractivity contribution is 0.0526. The minimum Gasteiger partial charge on any atom is -0.462 e. The number of anilines is 1. The summed E-state index contributed by atoms with van der Waals surface area (Å²) < 4.78 is 5.48. The van der Waals surface area contributed by atoms with Gasteiger partial charge in [0.05, 0.1) is 17.9 Å². The van der Waals surface area contributed by atoms with Crippen molar-refractivity contribution in [3.05, 3.63) is 62.0 Å². The molecule has 0 aliphatic rings. The summed E-state index contributed by atoms with van der Waals surface area (Å²) in [5.41, 5.74) is 1.24. The molecular formula is C16H12BrCl2NO3. The standard InChI is InChI=1S/C16H12BrCl2NO3/c1-2-23-16(22)9-3-4-14(13(17)7-9)20-15(21)10-5-11(18)8-12(19)6-10/h3-8H,2H2,1H3,(H,20,21). The van der Waals surface area contributed by atoms with E-state index in [2.05, 4.69) is 21.2 Å². The molecule has 0 aliphatic carbocycles. The molecule has 0 saturated carbocycles. The molecule has 2 rings (SSSR count). The van der Waals surface area contributed by atoms with E-state index in [0.717, 1.165) is 0 Å². The molecule has 120 valence electrons. The van der Waals surface area contributed by atoms with Gasteiger partial charge < -0.3 is 10.1 Å². The van der Waals surface area contributed by atoms with Crippen LogP contribution in [0.2, 0.25) is 10.0 Å². The van der Waals surface area contributed by atoms with Gasteiger partial charge in [0.2, 0.25) is 0 Å². The molecule has 2 aromatic carbocycles. The molecule has 1 amide bonds. The third kappa shape index (κ3) is 4.70. The highest BCUT2D eigenvalue weighted by Gasteiger charge is 2.13. The Balaban J connectivity index is 2.19. The molecule has 23 heavy (non-hydrogen) atoms. The lowest BCUT2D eigenvalue weighted by Crippen LogP contribution is -2.13. The smallest absolute Gasteiger partial charge is 0.338 e. The summed E-state index contributed by atoms with van der Waals surface area (Å²) in [6, 6.07) is 9.35. The molecule has 0 fully saturated rings. The molecule has 0 bridgehead atoms. The topological polar surface area (TPSA) is 55.4 Å². The van der Waals surface area contributed by atoms with Gasteiger partial charge in [0.1, 0.15) is 0 Å². The van der Waals surface area contributed by atoms with E-state index < -0.39 is 5.97 Å². The Bertz CT molecular complexity index is 745. The summed E-state index contributed by atoms with van der Waals surface area (Å²) >= 11 is 15.1.